The first kappa shape index (κ1) is 6.27. The van der Waals surface area contributed by atoms with E-state index in [2.05, 4.69) is 13.2 Å². The van der Waals surface area contributed by atoms with Crippen molar-refractivity contribution in [3.05, 3.63) is 24.3 Å². The summed E-state index contributed by atoms with van der Waals surface area (Å²) in [5, 5.41) is 0. The van der Waals surface area contributed by atoms with Crippen LogP contribution in [0.1, 0.15) is 19.3 Å². The fraction of sp³-hybridized carbons (Fsp3) is 0.375. The zero-order valence-corrected chi connectivity index (χ0v) is 5.44. The van der Waals surface area contributed by atoms with Gasteiger partial charge in [0, 0.05) is 12.8 Å². The van der Waals surface area contributed by atoms with Gasteiger partial charge in [-0.05, 0) is 12.0 Å². The fourth-order valence-corrected chi connectivity index (χ4v) is 0.918. The number of hydrogen-bond acceptors (Lipinski definition) is 1. The van der Waals surface area contributed by atoms with E-state index in [9.17, 15) is 4.79 Å². The molecule has 1 fully saturated rings. The molecule has 0 bridgehead atoms. The lowest BCUT2D eigenvalue weighted by atomic mass is 9.91. The summed E-state index contributed by atoms with van der Waals surface area (Å²) in [6.45, 7) is 7.50. The summed E-state index contributed by atoms with van der Waals surface area (Å²) in [6, 6.07) is 0. The fourth-order valence-electron chi connectivity index (χ4n) is 0.918. The van der Waals surface area contributed by atoms with Gasteiger partial charge in [0.05, 0.1) is 0 Å². The van der Waals surface area contributed by atoms with E-state index in [1.807, 2.05) is 0 Å². The van der Waals surface area contributed by atoms with Crippen LogP contribution < -0.4 is 0 Å². The Kier molecular flexibility index (Phi) is 1.52. The summed E-state index contributed by atoms with van der Waals surface area (Å²) in [7, 11) is 0. The van der Waals surface area contributed by atoms with E-state index in [-0.39, 0.29) is 0 Å². The first-order valence-electron chi connectivity index (χ1n) is 3.08. The summed E-state index contributed by atoms with van der Waals surface area (Å²) < 4.78 is 0. The highest BCUT2D eigenvalue weighted by molar-refractivity contribution is 5.83. The van der Waals surface area contributed by atoms with E-state index in [4.69, 9.17) is 0 Å². The first-order chi connectivity index (χ1) is 4.20. The number of ketones is 1. The highest BCUT2D eigenvalue weighted by Crippen LogP contribution is 2.22. The summed E-state index contributed by atoms with van der Waals surface area (Å²) >= 11 is 0. The molecule has 0 saturated heterocycles. The predicted molar refractivity (Wildman–Crippen MR) is 37.1 cm³/mol. The third-order valence-electron chi connectivity index (χ3n) is 1.62. The van der Waals surface area contributed by atoms with Gasteiger partial charge in [0.25, 0.3) is 0 Å². The molecule has 1 saturated carbocycles. The van der Waals surface area contributed by atoms with Gasteiger partial charge in [0.2, 0.25) is 0 Å². The third kappa shape index (κ3) is 1.28. The number of carbonyl (C=O) groups excluding carboxylic acids is 1. The van der Waals surface area contributed by atoms with E-state index in [1.165, 1.54) is 0 Å². The number of rotatable bonds is 0. The second kappa shape index (κ2) is 2.18. The van der Waals surface area contributed by atoms with Gasteiger partial charge >= 0.3 is 0 Å². The Balaban J connectivity index is 2.64. The van der Waals surface area contributed by atoms with E-state index in [0.717, 1.165) is 17.6 Å². The zero-order valence-electron chi connectivity index (χ0n) is 5.44. The predicted octanol–water partition coefficient (Wildman–Crippen LogP) is 1.85. The van der Waals surface area contributed by atoms with Crippen molar-refractivity contribution in [1.82, 2.24) is 0 Å². The Bertz CT molecular complexity index is 177. The average Bonchev–Trinajstić information content (AvgIpc) is 1.80. The Labute approximate surface area is 55.1 Å². The molecule has 48 valence electrons. The molecule has 0 N–H and O–H groups in total. The van der Waals surface area contributed by atoms with E-state index >= 15 is 0 Å². The Hall–Kier alpha value is -0.850. The van der Waals surface area contributed by atoms with Crippen molar-refractivity contribution >= 4 is 5.78 Å². The molecule has 1 nitrogen and oxygen atoms in total. The van der Waals surface area contributed by atoms with Gasteiger partial charge in [-0.3, -0.25) is 4.79 Å². The van der Waals surface area contributed by atoms with E-state index in [0.29, 0.717) is 18.6 Å². The number of Topliss-reactive ketones (excluding diaryl/α,β-unsaturated/α-hetero) is 1. The van der Waals surface area contributed by atoms with Crippen molar-refractivity contribution < 1.29 is 4.79 Å². The van der Waals surface area contributed by atoms with Crippen molar-refractivity contribution in [3.8, 4) is 0 Å². The first-order valence-corrected chi connectivity index (χ1v) is 3.08. The second-order valence-electron chi connectivity index (χ2n) is 2.42. The molecule has 0 radical (unpaired) electrons. The highest BCUT2D eigenvalue weighted by atomic mass is 16.1. The maximum atomic E-state index is 10.7. The van der Waals surface area contributed by atoms with Crippen molar-refractivity contribution in [2.45, 2.75) is 19.3 Å². The molecule has 0 atom stereocenters. The van der Waals surface area contributed by atoms with Crippen LogP contribution in [0.2, 0.25) is 0 Å². The van der Waals surface area contributed by atoms with E-state index in [1.54, 1.807) is 0 Å². The SMILES string of the molecule is C=C1CCC(=O)CC1=C. The minimum atomic E-state index is 0.299. The van der Waals surface area contributed by atoms with Crippen molar-refractivity contribution in [3.63, 3.8) is 0 Å². The minimum Gasteiger partial charge on any atom is -0.299 e. The van der Waals surface area contributed by atoms with Crippen molar-refractivity contribution in [2.75, 3.05) is 0 Å². The van der Waals surface area contributed by atoms with Gasteiger partial charge in [-0.1, -0.05) is 18.7 Å². The summed E-state index contributed by atoms with van der Waals surface area (Å²) in [5.41, 5.74) is 1.97. The van der Waals surface area contributed by atoms with Crippen LogP contribution in [0.3, 0.4) is 0 Å². The molecule has 1 aliphatic rings. The van der Waals surface area contributed by atoms with Crippen LogP contribution in [-0.2, 0) is 4.79 Å². The lowest BCUT2D eigenvalue weighted by Gasteiger charge is -2.13. The zero-order chi connectivity index (χ0) is 6.85. The Morgan fingerprint density at radius 2 is 1.78 bits per heavy atom. The molecule has 1 rings (SSSR count). The molecule has 1 heteroatoms. The molecule has 0 aromatic carbocycles. The molecule has 0 spiro atoms. The largest absolute Gasteiger partial charge is 0.299 e. The lowest BCUT2D eigenvalue weighted by Crippen LogP contribution is -2.07. The highest BCUT2D eigenvalue weighted by Gasteiger charge is 2.13. The van der Waals surface area contributed by atoms with Crippen molar-refractivity contribution in [1.29, 1.82) is 0 Å². The van der Waals surface area contributed by atoms with Crippen molar-refractivity contribution in [2.24, 2.45) is 0 Å². The van der Waals surface area contributed by atoms with Crippen LogP contribution in [0.15, 0.2) is 24.3 Å². The van der Waals surface area contributed by atoms with Gasteiger partial charge in [-0.2, -0.15) is 0 Å². The van der Waals surface area contributed by atoms with Crippen LogP contribution in [-0.4, -0.2) is 5.78 Å². The third-order valence-corrected chi connectivity index (χ3v) is 1.62. The Morgan fingerprint density at radius 3 is 2.22 bits per heavy atom. The van der Waals surface area contributed by atoms with Crippen LogP contribution in [0.5, 0.6) is 0 Å². The van der Waals surface area contributed by atoms with Gasteiger partial charge in [-0.15, -0.1) is 0 Å². The maximum Gasteiger partial charge on any atom is 0.137 e. The summed E-state index contributed by atoms with van der Waals surface area (Å²) in [5.74, 6) is 0.299. The number of allylic oxidation sites excluding steroid dienone is 2. The molecule has 9 heavy (non-hydrogen) atoms. The molecular weight excluding hydrogens is 112 g/mol. The molecule has 0 aliphatic heterocycles. The monoisotopic (exact) mass is 122 g/mol. The number of hydrogen-bond donors (Lipinski definition) is 0. The lowest BCUT2D eigenvalue weighted by molar-refractivity contribution is -0.118. The summed E-state index contributed by atoms with van der Waals surface area (Å²) in [6.07, 6.45) is 2.01. The number of carbonyl (C=O) groups is 1. The van der Waals surface area contributed by atoms with Gasteiger partial charge in [0.15, 0.2) is 0 Å². The standard InChI is InChI=1S/C8H10O/c1-6-3-4-8(9)5-7(6)2/h1-5H2. The van der Waals surface area contributed by atoms with Crippen LogP contribution in [0, 0.1) is 0 Å². The molecular formula is C8H10O. The molecule has 0 aromatic rings. The van der Waals surface area contributed by atoms with Gasteiger partial charge in [-0.25, -0.2) is 0 Å². The van der Waals surface area contributed by atoms with Crippen LogP contribution in [0.4, 0.5) is 0 Å². The normalized spacial score (nSPS) is 20.7. The quantitative estimate of drug-likeness (QED) is 0.479. The molecule has 0 amide bonds. The smallest absolute Gasteiger partial charge is 0.137 e. The van der Waals surface area contributed by atoms with Crippen LogP contribution in [0.25, 0.3) is 0 Å². The second-order valence-corrected chi connectivity index (χ2v) is 2.42. The average molecular weight is 122 g/mol. The minimum absolute atomic E-state index is 0.299. The maximum absolute atomic E-state index is 10.7. The van der Waals surface area contributed by atoms with Gasteiger partial charge in [0.1, 0.15) is 5.78 Å². The van der Waals surface area contributed by atoms with Gasteiger partial charge < -0.3 is 0 Å². The van der Waals surface area contributed by atoms with E-state index < -0.39 is 0 Å². The molecule has 0 heterocycles. The topological polar surface area (TPSA) is 17.1 Å². The Morgan fingerprint density at radius 1 is 1.11 bits per heavy atom. The molecule has 0 unspecified atom stereocenters. The summed E-state index contributed by atoms with van der Waals surface area (Å²) in [4.78, 5) is 10.7. The molecule has 1 aliphatic carbocycles. The van der Waals surface area contributed by atoms with Crippen LogP contribution >= 0.6 is 0 Å². The molecule has 0 aromatic heterocycles.